The first-order valence-electron chi connectivity index (χ1n) is 7.62. The number of hydrogen-bond donors (Lipinski definition) is 0. The summed E-state index contributed by atoms with van der Waals surface area (Å²) in [5, 5.41) is 0.891. The third-order valence-corrected chi connectivity index (χ3v) is 5.56. The Bertz CT molecular complexity index is 922. The Labute approximate surface area is 156 Å². The molecule has 0 fully saturated rings. The highest BCUT2D eigenvalue weighted by Crippen LogP contribution is 2.32. The quantitative estimate of drug-likeness (QED) is 0.541. The summed E-state index contributed by atoms with van der Waals surface area (Å²) in [6.07, 6.45) is 1.62. The molecule has 0 saturated heterocycles. The second-order valence-corrected chi connectivity index (χ2v) is 7.98. The number of aromatic nitrogens is 1. The van der Waals surface area contributed by atoms with Crippen LogP contribution in [0.15, 0.2) is 36.4 Å². The molecule has 4 rings (SSSR count). The molecule has 2 heterocycles. The molecule has 0 aliphatic carbocycles. The minimum atomic E-state index is 0.210. The third kappa shape index (κ3) is 3.39. The van der Waals surface area contributed by atoms with Gasteiger partial charge < -0.3 is 9.47 Å². The molecule has 0 bridgehead atoms. The van der Waals surface area contributed by atoms with E-state index in [2.05, 4.69) is 33.6 Å². The fourth-order valence-electron chi connectivity index (χ4n) is 2.66. The fraction of sp³-hybridized carbons (Fsp3) is 0.222. The van der Waals surface area contributed by atoms with Gasteiger partial charge in [-0.1, -0.05) is 6.07 Å². The summed E-state index contributed by atoms with van der Waals surface area (Å²) >= 11 is 3.89. The number of fused-ring (bicyclic) bond motifs is 2. The van der Waals surface area contributed by atoms with Crippen LogP contribution in [-0.2, 0) is 17.6 Å². The smallest absolute Gasteiger partial charge is 0.231 e. The Morgan fingerprint density at radius 1 is 1.17 bits per heavy atom. The lowest BCUT2D eigenvalue weighted by atomic mass is 10.1. The van der Waals surface area contributed by atoms with Crippen molar-refractivity contribution in [3.8, 4) is 11.5 Å². The monoisotopic (exact) mass is 451 g/mol. The number of aryl methyl sites for hydroxylation is 1. The Morgan fingerprint density at radius 3 is 2.96 bits per heavy atom. The van der Waals surface area contributed by atoms with Crippen molar-refractivity contribution in [1.29, 1.82) is 0 Å². The van der Waals surface area contributed by atoms with Gasteiger partial charge in [0.15, 0.2) is 11.5 Å². The van der Waals surface area contributed by atoms with E-state index < -0.39 is 0 Å². The lowest BCUT2D eigenvalue weighted by Gasteiger charge is -2.02. The number of ketones is 1. The van der Waals surface area contributed by atoms with Crippen LogP contribution < -0.4 is 9.47 Å². The highest BCUT2D eigenvalue weighted by atomic mass is 127. The average molecular weight is 451 g/mol. The van der Waals surface area contributed by atoms with Crippen molar-refractivity contribution in [2.24, 2.45) is 0 Å². The largest absolute Gasteiger partial charge is 0.454 e. The van der Waals surface area contributed by atoms with Crippen molar-refractivity contribution < 1.29 is 14.3 Å². The molecule has 6 heteroatoms. The van der Waals surface area contributed by atoms with Gasteiger partial charge in [0, 0.05) is 9.99 Å². The van der Waals surface area contributed by atoms with E-state index in [9.17, 15) is 4.79 Å². The minimum Gasteiger partial charge on any atom is -0.454 e. The van der Waals surface area contributed by atoms with Gasteiger partial charge in [-0.2, -0.15) is 0 Å². The summed E-state index contributed by atoms with van der Waals surface area (Å²) in [5.41, 5.74) is 2.06. The van der Waals surface area contributed by atoms with E-state index in [-0.39, 0.29) is 12.6 Å². The maximum absolute atomic E-state index is 12.3. The van der Waals surface area contributed by atoms with Crippen LogP contribution in [0.1, 0.15) is 17.0 Å². The second-order valence-electron chi connectivity index (χ2n) is 5.62. The molecule has 0 amide bonds. The molecule has 0 N–H and O–H groups in total. The van der Waals surface area contributed by atoms with Crippen LogP contribution in [0.3, 0.4) is 0 Å². The van der Waals surface area contributed by atoms with E-state index in [0.717, 1.165) is 32.3 Å². The Balaban J connectivity index is 1.39. The SMILES string of the molecule is O=C(CCc1ccc2c(c1)OCO2)Cc1nc2ccc(I)cc2s1. The first-order chi connectivity index (χ1) is 11.7. The molecule has 3 aromatic rings. The normalized spacial score (nSPS) is 12.7. The molecule has 0 saturated carbocycles. The predicted octanol–water partition coefficient (Wildman–Crippen LogP) is 4.37. The van der Waals surface area contributed by atoms with Crippen LogP contribution in [0.25, 0.3) is 10.2 Å². The number of Topliss-reactive ketones (excluding diaryl/α,β-unsaturated/α-hetero) is 1. The zero-order valence-corrected chi connectivity index (χ0v) is 15.7. The van der Waals surface area contributed by atoms with E-state index >= 15 is 0 Å². The molecule has 1 aliphatic heterocycles. The molecule has 24 heavy (non-hydrogen) atoms. The first kappa shape index (κ1) is 15.8. The zero-order valence-electron chi connectivity index (χ0n) is 12.8. The number of halogens is 1. The molecule has 2 aromatic carbocycles. The number of nitrogens with zero attached hydrogens (tertiary/aromatic N) is 1. The van der Waals surface area contributed by atoms with E-state index in [4.69, 9.17) is 9.47 Å². The van der Waals surface area contributed by atoms with Gasteiger partial charge in [0.05, 0.1) is 16.6 Å². The van der Waals surface area contributed by atoms with Crippen LogP contribution in [0.2, 0.25) is 0 Å². The van der Waals surface area contributed by atoms with Crippen molar-refractivity contribution in [3.05, 3.63) is 50.5 Å². The van der Waals surface area contributed by atoms with Crippen LogP contribution in [0, 0.1) is 3.57 Å². The fourth-order valence-corrected chi connectivity index (χ4v) is 4.40. The molecule has 0 unspecified atom stereocenters. The maximum Gasteiger partial charge on any atom is 0.231 e. The van der Waals surface area contributed by atoms with Gasteiger partial charge in [-0.05, 0) is 64.9 Å². The number of hydrogen-bond acceptors (Lipinski definition) is 5. The van der Waals surface area contributed by atoms with E-state index in [1.54, 1.807) is 11.3 Å². The third-order valence-electron chi connectivity index (χ3n) is 3.87. The predicted molar refractivity (Wildman–Crippen MR) is 102 cm³/mol. The first-order valence-corrected chi connectivity index (χ1v) is 9.52. The van der Waals surface area contributed by atoms with E-state index in [0.29, 0.717) is 19.3 Å². The molecule has 4 nitrogen and oxygen atoms in total. The number of carbonyl (C=O) groups excluding carboxylic acids is 1. The van der Waals surface area contributed by atoms with Gasteiger partial charge in [-0.15, -0.1) is 11.3 Å². The second kappa shape index (κ2) is 6.68. The standard InChI is InChI=1S/C18H14INO3S/c19-12-3-5-14-17(8-12)24-18(20-14)9-13(21)4-1-11-2-6-15-16(7-11)23-10-22-15/h2-3,5-8H,1,4,9-10H2. The molecule has 0 atom stereocenters. The molecule has 1 aromatic heterocycles. The molecule has 0 spiro atoms. The van der Waals surface area contributed by atoms with Gasteiger partial charge in [0.2, 0.25) is 6.79 Å². The van der Waals surface area contributed by atoms with Crippen molar-refractivity contribution >= 4 is 49.9 Å². The van der Waals surface area contributed by atoms with Crippen LogP contribution in [0.4, 0.5) is 0 Å². The van der Waals surface area contributed by atoms with Gasteiger partial charge in [0.25, 0.3) is 0 Å². The number of rotatable bonds is 5. The van der Waals surface area contributed by atoms with Crippen LogP contribution >= 0.6 is 33.9 Å². The summed E-state index contributed by atoms with van der Waals surface area (Å²) in [7, 11) is 0. The summed E-state index contributed by atoms with van der Waals surface area (Å²) in [4.78, 5) is 16.8. The van der Waals surface area contributed by atoms with Gasteiger partial charge in [-0.25, -0.2) is 4.98 Å². The molecule has 0 radical (unpaired) electrons. The number of thiazole rings is 1. The lowest BCUT2D eigenvalue weighted by Crippen LogP contribution is -2.04. The topological polar surface area (TPSA) is 48.4 Å². The zero-order chi connectivity index (χ0) is 16.5. The molecule has 1 aliphatic rings. The number of benzene rings is 2. The van der Waals surface area contributed by atoms with Crippen LogP contribution in [-0.4, -0.2) is 17.6 Å². The van der Waals surface area contributed by atoms with Gasteiger partial charge >= 0.3 is 0 Å². The van der Waals surface area contributed by atoms with E-state index in [1.807, 2.05) is 30.3 Å². The summed E-state index contributed by atoms with van der Waals surface area (Å²) in [6, 6.07) is 12.0. The van der Waals surface area contributed by atoms with Crippen molar-refractivity contribution in [1.82, 2.24) is 4.98 Å². The molecule has 122 valence electrons. The van der Waals surface area contributed by atoms with Crippen molar-refractivity contribution in [3.63, 3.8) is 0 Å². The highest BCUT2D eigenvalue weighted by molar-refractivity contribution is 14.1. The summed E-state index contributed by atoms with van der Waals surface area (Å²) in [6.45, 7) is 0.272. The Hall–Kier alpha value is -1.67. The molecular formula is C18H14INO3S. The lowest BCUT2D eigenvalue weighted by molar-refractivity contribution is -0.118. The maximum atomic E-state index is 12.3. The van der Waals surface area contributed by atoms with E-state index in [1.165, 1.54) is 3.57 Å². The summed E-state index contributed by atoms with van der Waals surface area (Å²) < 4.78 is 13.0. The summed E-state index contributed by atoms with van der Waals surface area (Å²) in [5.74, 6) is 1.75. The van der Waals surface area contributed by atoms with Crippen molar-refractivity contribution in [2.45, 2.75) is 19.3 Å². The Morgan fingerprint density at radius 2 is 2.04 bits per heavy atom. The van der Waals surface area contributed by atoms with Crippen LogP contribution in [0.5, 0.6) is 11.5 Å². The van der Waals surface area contributed by atoms with Gasteiger partial charge in [-0.3, -0.25) is 4.79 Å². The molecular weight excluding hydrogens is 437 g/mol. The average Bonchev–Trinajstić information content (AvgIpc) is 3.17. The minimum absolute atomic E-state index is 0.210. The number of carbonyl (C=O) groups is 1. The highest BCUT2D eigenvalue weighted by Gasteiger charge is 2.14. The van der Waals surface area contributed by atoms with Crippen molar-refractivity contribution in [2.75, 3.05) is 6.79 Å². The van der Waals surface area contributed by atoms with Gasteiger partial charge in [0.1, 0.15) is 10.8 Å². The number of ether oxygens (including phenoxy) is 2. The Kier molecular flexibility index (Phi) is 4.41.